The lowest BCUT2D eigenvalue weighted by Crippen LogP contribution is -2.56. The Labute approximate surface area is 137 Å². The number of hydrogen-bond acceptors (Lipinski definition) is 2. The molecule has 2 fully saturated rings. The zero-order chi connectivity index (χ0) is 16.5. The summed E-state index contributed by atoms with van der Waals surface area (Å²) in [5.41, 5.74) is 1.77. The number of fused-ring (bicyclic) bond motifs is 1. The third kappa shape index (κ3) is 3.28. The minimum Gasteiger partial charge on any atom is -0.413 e. The van der Waals surface area contributed by atoms with Crippen LogP contribution in [0.5, 0.6) is 0 Å². The van der Waals surface area contributed by atoms with Gasteiger partial charge in [-0.05, 0) is 42.3 Å². The molecule has 128 valence electrons. The maximum absolute atomic E-state index is 12.5. The first-order valence-electron chi connectivity index (χ1n) is 9.26. The van der Waals surface area contributed by atoms with Crippen LogP contribution in [0.1, 0.15) is 73.6 Å². The standard InChI is InChI=1S/C18H35NO2Si/c1-13(2)22(14(3)4,15(5)6)21-17-11-16-9-7-8-10-19(16)18(20)12-17/h13-17H,7-12H2,1-6H3/t16-,17+/m0/s1. The molecule has 4 heteroatoms. The molecule has 1 amide bonds. The molecule has 0 spiro atoms. The molecular weight excluding hydrogens is 290 g/mol. The van der Waals surface area contributed by atoms with Gasteiger partial charge in [0.25, 0.3) is 0 Å². The fourth-order valence-electron chi connectivity index (χ4n) is 5.06. The first-order valence-corrected chi connectivity index (χ1v) is 11.4. The lowest BCUT2D eigenvalue weighted by molar-refractivity contribution is -0.142. The molecule has 0 radical (unpaired) electrons. The van der Waals surface area contributed by atoms with Gasteiger partial charge in [0.2, 0.25) is 14.2 Å². The second-order valence-electron chi connectivity index (χ2n) is 8.23. The van der Waals surface area contributed by atoms with Gasteiger partial charge >= 0.3 is 0 Å². The maximum atomic E-state index is 12.5. The maximum Gasteiger partial charge on any atom is 0.225 e. The van der Waals surface area contributed by atoms with E-state index in [4.69, 9.17) is 4.43 Å². The highest BCUT2D eigenvalue weighted by atomic mass is 28.4. The van der Waals surface area contributed by atoms with Crippen LogP contribution < -0.4 is 0 Å². The molecule has 2 heterocycles. The number of nitrogens with zero attached hydrogens (tertiary/aromatic N) is 1. The molecule has 22 heavy (non-hydrogen) atoms. The van der Waals surface area contributed by atoms with Crippen molar-refractivity contribution in [3.63, 3.8) is 0 Å². The molecule has 0 aliphatic carbocycles. The summed E-state index contributed by atoms with van der Waals surface area (Å²) in [6, 6.07) is 0.443. The highest BCUT2D eigenvalue weighted by Gasteiger charge is 2.48. The smallest absolute Gasteiger partial charge is 0.225 e. The molecule has 2 aliphatic heterocycles. The number of hydrogen-bond donors (Lipinski definition) is 0. The first-order chi connectivity index (χ1) is 10.3. The molecule has 2 rings (SSSR count). The van der Waals surface area contributed by atoms with Crippen molar-refractivity contribution in [3.05, 3.63) is 0 Å². The van der Waals surface area contributed by atoms with Crippen LogP contribution in [0.3, 0.4) is 0 Å². The molecule has 0 unspecified atom stereocenters. The molecule has 0 N–H and O–H groups in total. The molecular formula is C18H35NO2Si. The van der Waals surface area contributed by atoms with Crippen molar-refractivity contribution < 1.29 is 9.22 Å². The molecule has 0 bridgehead atoms. The van der Waals surface area contributed by atoms with E-state index >= 15 is 0 Å². The van der Waals surface area contributed by atoms with Crippen LogP contribution in [-0.2, 0) is 9.22 Å². The van der Waals surface area contributed by atoms with Gasteiger partial charge in [-0.1, -0.05) is 41.5 Å². The summed E-state index contributed by atoms with van der Waals surface area (Å²) in [6.07, 6.45) is 5.44. The van der Waals surface area contributed by atoms with E-state index in [-0.39, 0.29) is 6.10 Å². The molecule has 3 nitrogen and oxygen atoms in total. The Morgan fingerprint density at radius 2 is 1.64 bits per heavy atom. The summed E-state index contributed by atoms with van der Waals surface area (Å²) in [5.74, 6) is 0.333. The normalized spacial score (nSPS) is 27.0. The molecule has 2 aliphatic rings. The second kappa shape index (κ2) is 7.04. The zero-order valence-electron chi connectivity index (χ0n) is 15.4. The highest BCUT2D eigenvalue weighted by Crippen LogP contribution is 2.44. The summed E-state index contributed by atoms with van der Waals surface area (Å²) in [7, 11) is -1.87. The van der Waals surface area contributed by atoms with Crippen molar-refractivity contribution in [2.75, 3.05) is 6.54 Å². The van der Waals surface area contributed by atoms with E-state index in [0.717, 1.165) is 13.0 Å². The topological polar surface area (TPSA) is 29.5 Å². The highest BCUT2D eigenvalue weighted by molar-refractivity contribution is 6.77. The number of piperidine rings is 2. The largest absolute Gasteiger partial charge is 0.413 e. The minimum absolute atomic E-state index is 0.158. The molecule has 0 aromatic carbocycles. The Bertz CT molecular complexity index is 373. The number of amides is 1. The number of carbonyl (C=O) groups is 1. The van der Waals surface area contributed by atoms with Crippen LogP contribution in [0.25, 0.3) is 0 Å². The Kier molecular flexibility index (Phi) is 5.76. The third-order valence-electron chi connectivity index (χ3n) is 5.96. The van der Waals surface area contributed by atoms with Gasteiger partial charge in [0.1, 0.15) is 0 Å². The van der Waals surface area contributed by atoms with Gasteiger partial charge < -0.3 is 9.33 Å². The number of carbonyl (C=O) groups excluding carboxylic acids is 1. The minimum atomic E-state index is -1.87. The van der Waals surface area contributed by atoms with Gasteiger partial charge in [-0.15, -0.1) is 0 Å². The third-order valence-corrected chi connectivity index (χ3v) is 12.1. The predicted molar refractivity (Wildman–Crippen MR) is 94.5 cm³/mol. The lowest BCUT2D eigenvalue weighted by atomic mass is 9.91. The van der Waals surface area contributed by atoms with Crippen LogP contribution in [0.2, 0.25) is 16.6 Å². The van der Waals surface area contributed by atoms with E-state index in [2.05, 4.69) is 46.4 Å². The molecule has 2 saturated heterocycles. The Morgan fingerprint density at radius 1 is 1.05 bits per heavy atom. The molecule has 2 atom stereocenters. The van der Waals surface area contributed by atoms with Gasteiger partial charge in [-0.25, -0.2) is 0 Å². The summed E-state index contributed by atoms with van der Waals surface area (Å²) >= 11 is 0. The van der Waals surface area contributed by atoms with Gasteiger partial charge in [-0.3, -0.25) is 4.79 Å². The lowest BCUT2D eigenvalue weighted by Gasteiger charge is -2.48. The van der Waals surface area contributed by atoms with Crippen LogP contribution in [0, 0.1) is 0 Å². The average molecular weight is 326 g/mol. The summed E-state index contributed by atoms with van der Waals surface area (Å²) in [6.45, 7) is 14.9. The van der Waals surface area contributed by atoms with E-state index in [9.17, 15) is 4.79 Å². The van der Waals surface area contributed by atoms with Crippen molar-refractivity contribution in [2.45, 2.75) is 102 Å². The van der Waals surface area contributed by atoms with E-state index in [0.29, 0.717) is 35.0 Å². The van der Waals surface area contributed by atoms with Crippen molar-refractivity contribution in [1.29, 1.82) is 0 Å². The van der Waals surface area contributed by atoms with E-state index in [1.807, 2.05) is 0 Å². The quantitative estimate of drug-likeness (QED) is 0.684. The van der Waals surface area contributed by atoms with Gasteiger partial charge in [0, 0.05) is 12.6 Å². The molecule has 0 aromatic heterocycles. The van der Waals surface area contributed by atoms with Gasteiger partial charge in [-0.2, -0.15) is 0 Å². The monoisotopic (exact) mass is 325 g/mol. The average Bonchev–Trinajstić information content (AvgIpc) is 2.43. The first kappa shape index (κ1) is 18.0. The summed E-state index contributed by atoms with van der Waals surface area (Å²) in [5, 5.41) is 0. The van der Waals surface area contributed by atoms with Crippen LogP contribution >= 0.6 is 0 Å². The van der Waals surface area contributed by atoms with Crippen LogP contribution in [0.15, 0.2) is 0 Å². The van der Waals surface area contributed by atoms with Crippen molar-refractivity contribution in [3.8, 4) is 0 Å². The van der Waals surface area contributed by atoms with Crippen molar-refractivity contribution in [1.82, 2.24) is 4.90 Å². The SMILES string of the molecule is CC(C)[Si](O[C@H]1CC(=O)N2CCCC[C@H]2C1)(C(C)C)C(C)C. The van der Waals surface area contributed by atoms with Gasteiger partial charge in [0.15, 0.2) is 0 Å². The Hall–Kier alpha value is -0.353. The van der Waals surface area contributed by atoms with E-state index in [1.165, 1.54) is 19.3 Å². The Balaban J connectivity index is 2.15. The fraction of sp³-hybridized carbons (Fsp3) is 0.944. The second-order valence-corrected chi connectivity index (χ2v) is 13.6. The van der Waals surface area contributed by atoms with Gasteiger partial charge in [0.05, 0.1) is 12.5 Å². The number of rotatable bonds is 5. The van der Waals surface area contributed by atoms with E-state index in [1.54, 1.807) is 0 Å². The summed E-state index contributed by atoms with van der Waals surface area (Å²) < 4.78 is 6.87. The van der Waals surface area contributed by atoms with Crippen LogP contribution in [-0.4, -0.2) is 37.8 Å². The molecule has 0 aromatic rings. The molecule has 0 saturated carbocycles. The van der Waals surface area contributed by atoms with E-state index < -0.39 is 8.32 Å². The van der Waals surface area contributed by atoms with Crippen molar-refractivity contribution in [2.24, 2.45) is 0 Å². The van der Waals surface area contributed by atoms with Crippen molar-refractivity contribution >= 4 is 14.2 Å². The summed E-state index contributed by atoms with van der Waals surface area (Å²) in [4.78, 5) is 14.6. The fourth-order valence-corrected chi connectivity index (χ4v) is 10.6. The zero-order valence-corrected chi connectivity index (χ0v) is 16.4. The Morgan fingerprint density at radius 3 is 2.18 bits per heavy atom. The predicted octanol–water partition coefficient (Wildman–Crippen LogP) is 4.72. The van der Waals surface area contributed by atoms with Crippen LogP contribution in [0.4, 0.5) is 0 Å².